The molecule has 25 heavy (non-hydrogen) atoms. The summed E-state index contributed by atoms with van der Waals surface area (Å²) in [5, 5.41) is 2.92. The first-order valence-corrected chi connectivity index (χ1v) is 10.8. The molecule has 2 bridgehead atoms. The zero-order chi connectivity index (χ0) is 18.0. The van der Waals surface area contributed by atoms with Gasteiger partial charge in [-0.3, -0.25) is 4.79 Å². The van der Waals surface area contributed by atoms with Crippen molar-refractivity contribution in [1.82, 2.24) is 4.31 Å². The molecule has 0 aliphatic heterocycles. The summed E-state index contributed by atoms with van der Waals surface area (Å²) in [6, 6.07) is 6.49. The molecule has 1 amide bonds. The van der Waals surface area contributed by atoms with E-state index in [0.717, 1.165) is 11.8 Å². The van der Waals surface area contributed by atoms with E-state index in [2.05, 4.69) is 5.32 Å². The topological polar surface area (TPSA) is 66.5 Å². The van der Waals surface area contributed by atoms with Gasteiger partial charge in [-0.2, -0.15) is 4.31 Å². The molecular formula is C19H28N2O3S. The van der Waals surface area contributed by atoms with E-state index in [-0.39, 0.29) is 10.8 Å². The van der Waals surface area contributed by atoms with Crippen LogP contribution >= 0.6 is 0 Å². The number of nitrogens with one attached hydrogen (secondary N) is 1. The van der Waals surface area contributed by atoms with Gasteiger partial charge in [0.1, 0.15) is 0 Å². The highest BCUT2D eigenvalue weighted by Crippen LogP contribution is 2.49. The van der Waals surface area contributed by atoms with Crippen molar-refractivity contribution in [1.29, 1.82) is 0 Å². The summed E-state index contributed by atoms with van der Waals surface area (Å²) in [6.07, 6.45) is 5.70. The second-order valence-electron chi connectivity index (χ2n) is 7.30. The van der Waals surface area contributed by atoms with Crippen molar-refractivity contribution in [3.05, 3.63) is 24.3 Å². The van der Waals surface area contributed by atoms with E-state index < -0.39 is 10.0 Å². The lowest BCUT2D eigenvalue weighted by molar-refractivity contribution is -0.117. The Morgan fingerprint density at radius 1 is 1.12 bits per heavy atom. The number of hydrogen-bond donors (Lipinski definition) is 1. The number of nitrogens with zero attached hydrogens (tertiary/aromatic N) is 1. The van der Waals surface area contributed by atoms with Gasteiger partial charge in [0.05, 0.1) is 4.90 Å². The minimum atomic E-state index is -3.45. The lowest BCUT2D eigenvalue weighted by Crippen LogP contribution is -2.30. The van der Waals surface area contributed by atoms with Crippen LogP contribution in [-0.4, -0.2) is 31.7 Å². The fraction of sp³-hybridized carbons (Fsp3) is 0.632. The van der Waals surface area contributed by atoms with Crippen molar-refractivity contribution >= 4 is 21.6 Å². The van der Waals surface area contributed by atoms with Gasteiger partial charge in [-0.25, -0.2) is 8.42 Å². The van der Waals surface area contributed by atoms with Crippen molar-refractivity contribution < 1.29 is 13.2 Å². The first kappa shape index (κ1) is 18.4. The molecule has 3 atom stereocenters. The van der Waals surface area contributed by atoms with Crippen LogP contribution in [0.4, 0.5) is 5.69 Å². The molecule has 0 saturated heterocycles. The van der Waals surface area contributed by atoms with E-state index in [1.165, 1.54) is 30.0 Å². The summed E-state index contributed by atoms with van der Waals surface area (Å²) in [6.45, 7) is 4.54. The Balaban J connectivity index is 1.60. The number of anilines is 1. The fourth-order valence-electron chi connectivity index (χ4n) is 4.50. The lowest BCUT2D eigenvalue weighted by Gasteiger charge is -2.21. The van der Waals surface area contributed by atoms with Gasteiger partial charge in [-0.05, 0) is 61.3 Å². The van der Waals surface area contributed by atoms with Crippen molar-refractivity contribution in [3.8, 4) is 0 Å². The van der Waals surface area contributed by atoms with Crippen molar-refractivity contribution in [2.24, 2.45) is 17.8 Å². The monoisotopic (exact) mass is 364 g/mol. The Bertz CT molecular complexity index is 711. The van der Waals surface area contributed by atoms with Gasteiger partial charge in [0, 0.05) is 25.2 Å². The lowest BCUT2D eigenvalue weighted by atomic mass is 9.86. The molecule has 0 aromatic heterocycles. The van der Waals surface area contributed by atoms with Crippen LogP contribution in [-0.2, 0) is 14.8 Å². The van der Waals surface area contributed by atoms with Crippen LogP contribution in [0.2, 0.25) is 0 Å². The highest BCUT2D eigenvalue weighted by Gasteiger charge is 2.40. The van der Waals surface area contributed by atoms with Gasteiger partial charge in [-0.15, -0.1) is 0 Å². The Morgan fingerprint density at radius 3 is 2.32 bits per heavy atom. The normalized spacial score (nSPS) is 25.5. The molecule has 138 valence electrons. The third-order valence-electron chi connectivity index (χ3n) is 5.81. The summed E-state index contributed by atoms with van der Waals surface area (Å²) in [4.78, 5) is 12.6. The Labute approximate surface area is 150 Å². The Hall–Kier alpha value is -1.40. The van der Waals surface area contributed by atoms with Gasteiger partial charge in [-0.1, -0.05) is 20.3 Å². The molecule has 0 heterocycles. The fourth-order valence-corrected chi connectivity index (χ4v) is 5.96. The van der Waals surface area contributed by atoms with Crippen molar-refractivity contribution in [2.75, 3.05) is 18.4 Å². The number of fused-ring (bicyclic) bond motifs is 2. The van der Waals surface area contributed by atoms with Crippen LogP contribution in [0.1, 0.15) is 46.0 Å². The molecule has 2 aliphatic carbocycles. The average Bonchev–Trinajstić information content (AvgIpc) is 3.19. The van der Waals surface area contributed by atoms with Gasteiger partial charge in [0.25, 0.3) is 0 Å². The summed E-state index contributed by atoms with van der Waals surface area (Å²) in [5.41, 5.74) is 0.659. The maximum atomic E-state index is 12.5. The second kappa shape index (κ2) is 7.46. The molecule has 1 N–H and O–H groups in total. The Kier molecular flexibility index (Phi) is 5.49. The van der Waals surface area contributed by atoms with Gasteiger partial charge < -0.3 is 5.32 Å². The maximum Gasteiger partial charge on any atom is 0.243 e. The molecule has 5 nitrogen and oxygen atoms in total. The van der Waals surface area contributed by atoms with Gasteiger partial charge >= 0.3 is 0 Å². The minimum absolute atomic E-state index is 0.0388. The molecule has 1 aromatic rings. The zero-order valence-electron chi connectivity index (χ0n) is 15.1. The molecule has 0 spiro atoms. The first-order valence-electron chi connectivity index (χ1n) is 9.34. The number of carbonyl (C=O) groups is 1. The number of carbonyl (C=O) groups excluding carboxylic acids is 1. The summed E-state index contributed by atoms with van der Waals surface area (Å²) in [5.74, 6) is 2.14. The molecule has 6 heteroatoms. The number of sulfonamides is 1. The molecule has 0 radical (unpaired) electrons. The van der Waals surface area contributed by atoms with E-state index in [1.54, 1.807) is 24.3 Å². The zero-order valence-corrected chi connectivity index (χ0v) is 15.9. The van der Waals surface area contributed by atoms with E-state index in [1.807, 2.05) is 13.8 Å². The molecule has 3 rings (SSSR count). The number of rotatable bonds is 7. The third kappa shape index (κ3) is 3.90. The largest absolute Gasteiger partial charge is 0.326 e. The predicted octanol–water partition coefficient (Wildman–Crippen LogP) is 3.48. The Morgan fingerprint density at radius 2 is 1.80 bits per heavy atom. The van der Waals surface area contributed by atoms with Gasteiger partial charge in [0.15, 0.2) is 0 Å². The summed E-state index contributed by atoms with van der Waals surface area (Å²) in [7, 11) is -3.45. The molecule has 1 aromatic carbocycles. The standard InChI is InChI=1S/C19H28N2O3S/c1-3-21(4-2)25(23,24)18-9-7-17(8-10-18)20-19(22)13-16-12-14-5-6-15(16)11-14/h7-10,14-16H,3-6,11-13H2,1-2H3,(H,20,22)/t14-,15+,16-/m0/s1. The minimum Gasteiger partial charge on any atom is -0.326 e. The van der Waals surface area contributed by atoms with Crippen LogP contribution in [0.5, 0.6) is 0 Å². The molecule has 2 saturated carbocycles. The van der Waals surface area contributed by atoms with Crippen molar-refractivity contribution in [2.45, 2.75) is 50.8 Å². The highest BCUT2D eigenvalue weighted by molar-refractivity contribution is 7.89. The quantitative estimate of drug-likeness (QED) is 0.805. The molecule has 2 aliphatic rings. The predicted molar refractivity (Wildman–Crippen MR) is 98.7 cm³/mol. The van der Waals surface area contributed by atoms with Crippen LogP contribution in [0, 0.1) is 17.8 Å². The summed E-state index contributed by atoms with van der Waals surface area (Å²) >= 11 is 0. The number of amides is 1. The maximum absolute atomic E-state index is 12.5. The van der Waals surface area contributed by atoms with Crippen molar-refractivity contribution in [3.63, 3.8) is 0 Å². The average molecular weight is 365 g/mol. The summed E-state index contributed by atoms with van der Waals surface area (Å²) < 4.78 is 26.4. The van der Waals surface area contributed by atoms with Gasteiger partial charge in [0.2, 0.25) is 15.9 Å². The van der Waals surface area contributed by atoms with Crippen LogP contribution in [0.3, 0.4) is 0 Å². The van der Waals surface area contributed by atoms with E-state index in [4.69, 9.17) is 0 Å². The SMILES string of the molecule is CCN(CC)S(=O)(=O)c1ccc(NC(=O)C[C@@H]2C[C@H]3CC[C@@H]2C3)cc1. The second-order valence-corrected chi connectivity index (χ2v) is 9.24. The third-order valence-corrected chi connectivity index (χ3v) is 7.88. The van der Waals surface area contributed by atoms with E-state index in [9.17, 15) is 13.2 Å². The molecule has 0 unspecified atom stereocenters. The molecular weight excluding hydrogens is 336 g/mol. The van der Waals surface area contributed by atoms with Crippen LogP contribution in [0.25, 0.3) is 0 Å². The molecule has 2 fully saturated rings. The first-order chi connectivity index (χ1) is 11.9. The smallest absolute Gasteiger partial charge is 0.243 e. The van der Waals surface area contributed by atoms with E-state index in [0.29, 0.717) is 31.1 Å². The van der Waals surface area contributed by atoms with Crippen LogP contribution in [0.15, 0.2) is 29.2 Å². The number of benzene rings is 1. The highest BCUT2D eigenvalue weighted by atomic mass is 32.2. The van der Waals surface area contributed by atoms with E-state index >= 15 is 0 Å². The van der Waals surface area contributed by atoms with Crippen LogP contribution < -0.4 is 5.32 Å². The number of hydrogen-bond acceptors (Lipinski definition) is 3.